The quantitative estimate of drug-likeness (QED) is 0.647. The zero-order chi connectivity index (χ0) is 13.8. The molecule has 0 saturated heterocycles. The van der Waals surface area contributed by atoms with E-state index in [1.807, 2.05) is 19.1 Å². The predicted molar refractivity (Wildman–Crippen MR) is 75.0 cm³/mol. The number of carbonyl (C=O) groups is 1. The maximum Gasteiger partial charge on any atom is 0.161 e. The zero-order valence-corrected chi connectivity index (χ0v) is 11.0. The lowest BCUT2D eigenvalue weighted by Crippen LogP contribution is -2.05. The Bertz CT molecular complexity index is 610. The molecule has 2 aromatic rings. The summed E-state index contributed by atoms with van der Waals surface area (Å²) in [6.45, 7) is 3.94. The standard InChI is InChI=1S/C14H16N4O/c1-9(19)13-4-3-11(7-14(13)15)17-8-12-5-6-16-10(2)18-12/h3-7,17H,8,15H2,1-2H3. The monoisotopic (exact) mass is 256 g/mol. The molecule has 1 aromatic heterocycles. The number of rotatable bonds is 4. The molecule has 3 N–H and O–H groups in total. The van der Waals surface area contributed by atoms with Gasteiger partial charge in [-0.1, -0.05) is 0 Å². The molecule has 98 valence electrons. The zero-order valence-electron chi connectivity index (χ0n) is 11.0. The minimum atomic E-state index is -0.0320. The van der Waals surface area contributed by atoms with E-state index in [-0.39, 0.29) is 5.78 Å². The van der Waals surface area contributed by atoms with Gasteiger partial charge in [0.1, 0.15) is 5.82 Å². The second kappa shape index (κ2) is 5.48. The highest BCUT2D eigenvalue weighted by Gasteiger charge is 2.05. The van der Waals surface area contributed by atoms with Crippen LogP contribution in [-0.4, -0.2) is 15.8 Å². The number of aryl methyl sites for hydroxylation is 1. The molecular formula is C14H16N4O. The average Bonchev–Trinajstić information content (AvgIpc) is 2.36. The summed E-state index contributed by atoms with van der Waals surface area (Å²) in [7, 11) is 0. The number of anilines is 2. The molecule has 0 atom stereocenters. The SMILES string of the molecule is CC(=O)c1ccc(NCc2ccnc(C)n2)cc1N. The topological polar surface area (TPSA) is 80.9 Å². The van der Waals surface area contributed by atoms with Crippen LogP contribution in [0.2, 0.25) is 0 Å². The Morgan fingerprint density at radius 1 is 1.37 bits per heavy atom. The number of nitrogens with two attached hydrogens (primary N) is 1. The fraction of sp³-hybridized carbons (Fsp3) is 0.214. The number of hydrogen-bond donors (Lipinski definition) is 2. The van der Waals surface area contributed by atoms with E-state index < -0.39 is 0 Å². The van der Waals surface area contributed by atoms with Gasteiger partial charge in [0.2, 0.25) is 0 Å². The van der Waals surface area contributed by atoms with Crippen molar-refractivity contribution >= 4 is 17.2 Å². The highest BCUT2D eigenvalue weighted by molar-refractivity contribution is 5.99. The molecule has 19 heavy (non-hydrogen) atoms. The van der Waals surface area contributed by atoms with Gasteiger partial charge in [0.05, 0.1) is 12.2 Å². The lowest BCUT2D eigenvalue weighted by atomic mass is 10.1. The van der Waals surface area contributed by atoms with Crippen molar-refractivity contribution in [2.75, 3.05) is 11.1 Å². The molecule has 0 amide bonds. The summed E-state index contributed by atoms with van der Waals surface area (Å²) < 4.78 is 0. The molecule has 0 bridgehead atoms. The van der Waals surface area contributed by atoms with Crippen LogP contribution < -0.4 is 11.1 Å². The summed E-state index contributed by atoms with van der Waals surface area (Å²) in [6, 6.07) is 7.17. The van der Waals surface area contributed by atoms with Crippen molar-refractivity contribution in [3.8, 4) is 0 Å². The summed E-state index contributed by atoms with van der Waals surface area (Å²) >= 11 is 0. The molecule has 5 heteroatoms. The van der Waals surface area contributed by atoms with Gasteiger partial charge in [0.15, 0.2) is 5.78 Å². The number of nitrogens with one attached hydrogen (secondary N) is 1. The van der Waals surface area contributed by atoms with Gasteiger partial charge < -0.3 is 11.1 Å². The van der Waals surface area contributed by atoms with E-state index in [4.69, 9.17) is 5.73 Å². The molecule has 1 aromatic carbocycles. The van der Waals surface area contributed by atoms with Crippen molar-refractivity contribution < 1.29 is 4.79 Å². The van der Waals surface area contributed by atoms with Crippen molar-refractivity contribution in [2.24, 2.45) is 0 Å². The van der Waals surface area contributed by atoms with Gasteiger partial charge in [-0.25, -0.2) is 9.97 Å². The Kier molecular flexibility index (Phi) is 3.75. The number of nitrogen functional groups attached to an aromatic ring is 1. The Hall–Kier alpha value is -2.43. The van der Waals surface area contributed by atoms with Gasteiger partial charge in [-0.05, 0) is 38.1 Å². The fourth-order valence-corrected chi connectivity index (χ4v) is 1.79. The first-order valence-corrected chi connectivity index (χ1v) is 5.99. The number of Topliss-reactive ketones (excluding diaryl/α,β-unsaturated/α-hetero) is 1. The third-order valence-electron chi connectivity index (χ3n) is 2.74. The van der Waals surface area contributed by atoms with Crippen LogP contribution in [0.5, 0.6) is 0 Å². The highest BCUT2D eigenvalue weighted by atomic mass is 16.1. The lowest BCUT2D eigenvalue weighted by molar-refractivity contribution is 0.101. The second-order valence-electron chi connectivity index (χ2n) is 4.31. The van der Waals surface area contributed by atoms with Gasteiger partial charge in [-0.2, -0.15) is 0 Å². The Morgan fingerprint density at radius 3 is 2.79 bits per heavy atom. The third-order valence-corrected chi connectivity index (χ3v) is 2.74. The van der Waals surface area contributed by atoms with Gasteiger partial charge in [-0.3, -0.25) is 4.79 Å². The molecule has 0 unspecified atom stereocenters. The van der Waals surface area contributed by atoms with Crippen LogP contribution in [0.15, 0.2) is 30.5 Å². The molecule has 0 aliphatic carbocycles. The van der Waals surface area contributed by atoms with Crippen LogP contribution in [0.4, 0.5) is 11.4 Å². The summed E-state index contributed by atoms with van der Waals surface area (Å²) in [5, 5.41) is 3.21. The van der Waals surface area contributed by atoms with Crippen molar-refractivity contribution in [1.29, 1.82) is 0 Å². The third kappa shape index (κ3) is 3.28. The van der Waals surface area contributed by atoms with Crippen molar-refractivity contribution in [3.05, 3.63) is 47.5 Å². The Labute approximate surface area is 111 Å². The molecule has 0 spiro atoms. The first-order chi connectivity index (χ1) is 9.06. The number of aromatic nitrogens is 2. The van der Waals surface area contributed by atoms with Crippen LogP contribution in [-0.2, 0) is 6.54 Å². The number of nitrogens with zero attached hydrogens (tertiary/aromatic N) is 2. The van der Waals surface area contributed by atoms with Gasteiger partial charge in [-0.15, -0.1) is 0 Å². The van der Waals surface area contributed by atoms with E-state index >= 15 is 0 Å². The number of benzene rings is 1. The maximum atomic E-state index is 11.3. The summed E-state index contributed by atoms with van der Waals surface area (Å²) in [6.07, 6.45) is 1.73. The van der Waals surface area contributed by atoms with E-state index in [0.29, 0.717) is 17.8 Å². The molecule has 5 nitrogen and oxygen atoms in total. The summed E-state index contributed by atoms with van der Waals surface area (Å²) in [4.78, 5) is 19.6. The van der Waals surface area contributed by atoms with E-state index in [0.717, 1.165) is 17.2 Å². The van der Waals surface area contributed by atoms with Crippen LogP contribution in [0.3, 0.4) is 0 Å². The minimum Gasteiger partial charge on any atom is -0.398 e. The molecule has 0 radical (unpaired) electrons. The molecular weight excluding hydrogens is 240 g/mol. The summed E-state index contributed by atoms with van der Waals surface area (Å²) in [5.74, 6) is 0.709. The average molecular weight is 256 g/mol. The molecule has 0 fully saturated rings. The van der Waals surface area contributed by atoms with Crippen LogP contribution >= 0.6 is 0 Å². The van der Waals surface area contributed by atoms with E-state index in [2.05, 4.69) is 15.3 Å². The molecule has 0 saturated carbocycles. The van der Waals surface area contributed by atoms with E-state index in [9.17, 15) is 4.79 Å². The molecule has 0 aliphatic rings. The second-order valence-corrected chi connectivity index (χ2v) is 4.31. The molecule has 0 aliphatic heterocycles. The molecule has 1 heterocycles. The van der Waals surface area contributed by atoms with E-state index in [1.54, 1.807) is 18.3 Å². The smallest absolute Gasteiger partial charge is 0.161 e. The number of carbonyl (C=O) groups excluding carboxylic acids is 1. The van der Waals surface area contributed by atoms with Crippen LogP contribution in [0.1, 0.15) is 28.8 Å². The lowest BCUT2D eigenvalue weighted by Gasteiger charge is -2.09. The Morgan fingerprint density at radius 2 is 2.16 bits per heavy atom. The molecule has 2 rings (SSSR count). The largest absolute Gasteiger partial charge is 0.398 e. The first-order valence-electron chi connectivity index (χ1n) is 5.99. The van der Waals surface area contributed by atoms with Crippen LogP contribution in [0.25, 0.3) is 0 Å². The van der Waals surface area contributed by atoms with E-state index in [1.165, 1.54) is 6.92 Å². The van der Waals surface area contributed by atoms with Gasteiger partial charge >= 0.3 is 0 Å². The van der Waals surface area contributed by atoms with Gasteiger partial charge in [0.25, 0.3) is 0 Å². The van der Waals surface area contributed by atoms with Crippen molar-refractivity contribution in [1.82, 2.24) is 9.97 Å². The summed E-state index contributed by atoms with van der Waals surface area (Å²) in [5.41, 5.74) is 8.62. The van der Waals surface area contributed by atoms with Gasteiger partial charge in [0, 0.05) is 23.1 Å². The van der Waals surface area contributed by atoms with Crippen molar-refractivity contribution in [2.45, 2.75) is 20.4 Å². The Balaban J connectivity index is 2.08. The predicted octanol–water partition coefficient (Wildman–Crippen LogP) is 2.18. The normalized spacial score (nSPS) is 10.2. The van der Waals surface area contributed by atoms with Crippen LogP contribution in [0, 0.1) is 6.92 Å². The van der Waals surface area contributed by atoms with Crippen molar-refractivity contribution in [3.63, 3.8) is 0 Å². The number of hydrogen-bond acceptors (Lipinski definition) is 5. The minimum absolute atomic E-state index is 0.0320. The fourth-order valence-electron chi connectivity index (χ4n) is 1.79. The number of ketones is 1. The highest BCUT2D eigenvalue weighted by Crippen LogP contribution is 2.18. The maximum absolute atomic E-state index is 11.3. The first kappa shape index (κ1) is 13.0.